The van der Waals surface area contributed by atoms with Crippen LogP contribution in [0.4, 0.5) is 11.8 Å². The molecule has 1 atom stereocenters. The summed E-state index contributed by atoms with van der Waals surface area (Å²) in [6, 6.07) is 2.44. The number of amidine groups is 1. The van der Waals surface area contributed by atoms with Gasteiger partial charge in [-0.05, 0) is 44.1 Å². The monoisotopic (exact) mass is 341 g/mol. The number of anilines is 1. The lowest BCUT2D eigenvalue weighted by molar-refractivity contribution is 0.00111. The van der Waals surface area contributed by atoms with Gasteiger partial charge in [0.15, 0.2) is 5.82 Å². The second-order valence-corrected chi connectivity index (χ2v) is 8.35. The van der Waals surface area contributed by atoms with Crippen molar-refractivity contribution in [2.45, 2.75) is 38.1 Å². The number of aliphatic imine (C=N–C) groups is 1. The molecule has 0 bridgehead atoms. The average molecular weight is 341 g/mol. The van der Waals surface area contributed by atoms with E-state index in [1.807, 2.05) is 12.3 Å². The largest absolute Gasteiger partial charge is 0.341 e. The van der Waals surface area contributed by atoms with Gasteiger partial charge in [-0.3, -0.25) is 0 Å². The lowest BCUT2D eigenvalue weighted by atomic mass is 9.72. The van der Waals surface area contributed by atoms with E-state index in [-0.39, 0.29) is 0 Å². The maximum Gasteiger partial charge on any atom is 0.227 e. The molecule has 1 spiro atoms. The molecule has 4 heterocycles. The highest BCUT2D eigenvalue weighted by molar-refractivity contribution is 5.86. The van der Waals surface area contributed by atoms with Crippen LogP contribution in [-0.4, -0.2) is 60.0 Å². The number of rotatable bonds is 3. The summed E-state index contributed by atoms with van der Waals surface area (Å²) in [7, 11) is 2.21. The van der Waals surface area contributed by atoms with Gasteiger partial charge < -0.3 is 15.2 Å². The molecule has 5 rings (SSSR count). The third-order valence-corrected chi connectivity index (χ3v) is 6.20. The van der Waals surface area contributed by atoms with Crippen LogP contribution in [0.25, 0.3) is 0 Å². The molecule has 1 aliphatic carbocycles. The molecule has 0 aromatic carbocycles. The molecule has 7 heteroatoms. The molecule has 0 amide bonds. The Balaban J connectivity index is 1.24. The number of hydrogen-bond acceptors (Lipinski definition) is 6. The predicted molar refractivity (Wildman–Crippen MR) is 97.9 cm³/mol. The minimum Gasteiger partial charge on any atom is -0.341 e. The fourth-order valence-corrected chi connectivity index (χ4v) is 4.63. The van der Waals surface area contributed by atoms with E-state index in [0.717, 1.165) is 43.0 Å². The van der Waals surface area contributed by atoms with Crippen LogP contribution in [0.15, 0.2) is 17.3 Å². The van der Waals surface area contributed by atoms with Crippen LogP contribution >= 0.6 is 0 Å². The van der Waals surface area contributed by atoms with E-state index in [4.69, 9.17) is 9.98 Å². The summed E-state index contributed by atoms with van der Waals surface area (Å²) in [5, 5.41) is 0. The Kier molecular flexibility index (Phi) is 3.67. The summed E-state index contributed by atoms with van der Waals surface area (Å²) in [6.45, 7) is 4.60. The summed E-state index contributed by atoms with van der Waals surface area (Å²) >= 11 is 0. The molecule has 134 valence electrons. The van der Waals surface area contributed by atoms with Gasteiger partial charge in [-0.25, -0.2) is 15.4 Å². The third kappa shape index (κ3) is 3.11. The lowest BCUT2D eigenvalue weighted by Gasteiger charge is -2.52. The molecular formula is C18H27N7. The first kappa shape index (κ1) is 15.5. The summed E-state index contributed by atoms with van der Waals surface area (Å²) in [5.41, 5.74) is 7.14. The van der Waals surface area contributed by atoms with Crippen LogP contribution in [0.3, 0.4) is 0 Å². The Morgan fingerprint density at radius 1 is 1.24 bits per heavy atom. The van der Waals surface area contributed by atoms with Gasteiger partial charge in [0.1, 0.15) is 5.84 Å². The van der Waals surface area contributed by atoms with Crippen molar-refractivity contribution in [3.63, 3.8) is 0 Å². The number of aromatic nitrogens is 2. The van der Waals surface area contributed by atoms with Gasteiger partial charge in [-0.2, -0.15) is 4.98 Å². The minimum absolute atomic E-state index is 0.541. The van der Waals surface area contributed by atoms with Gasteiger partial charge >= 0.3 is 0 Å². The van der Waals surface area contributed by atoms with Crippen LogP contribution in [0.1, 0.15) is 32.1 Å². The van der Waals surface area contributed by atoms with E-state index in [0.29, 0.717) is 11.5 Å². The smallest absolute Gasteiger partial charge is 0.227 e. The standard InChI is InChI=1S/C18H27N7/c1-24-11-18(12-24)5-8-25(9-6-18)17-19-7-4-15(21-17)20-16-10-14(22-23-16)13-2-3-13/h4,7,13-14,22H,2-3,5-6,8-12H2,1H3,(H,19,20,21,23). The van der Waals surface area contributed by atoms with Crippen molar-refractivity contribution in [3.8, 4) is 0 Å². The first-order chi connectivity index (χ1) is 12.2. The Morgan fingerprint density at radius 3 is 2.76 bits per heavy atom. The van der Waals surface area contributed by atoms with Crippen molar-refractivity contribution in [3.05, 3.63) is 12.3 Å². The van der Waals surface area contributed by atoms with E-state index in [2.05, 4.69) is 32.7 Å². The van der Waals surface area contributed by atoms with Crippen molar-refractivity contribution < 1.29 is 0 Å². The lowest BCUT2D eigenvalue weighted by Crippen LogP contribution is -2.58. The molecule has 1 aromatic rings. The van der Waals surface area contributed by atoms with E-state index in [1.165, 1.54) is 38.8 Å². The Hall–Kier alpha value is -1.73. The zero-order chi connectivity index (χ0) is 16.9. The van der Waals surface area contributed by atoms with Crippen LogP contribution in [0.5, 0.6) is 0 Å². The number of hydrazine groups is 1. The maximum absolute atomic E-state index is 4.70. The van der Waals surface area contributed by atoms with E-state index in [1.54, 1.807) is 0 Å². The molecule has 0 radical (unpaired) electrons. The van der Waals surface area contributed by atoms with Crippen LogP contribution in [-0.2, 0) is 0 Å². The van der Waals surface area contributed by atoms with E-state index >= 15 is 0 Å². The number of piperidine rings is 1. The molecule has 1 aromatic heterocycles. The molecule has 25 heavy (non-hydrogen) atoms. The minimum atomic E-state index is 0.541. The fraction of sp³-hybridized carbons (Fsp3) is 0.722. The van der Waals surface area contributed by atoms with Gasteiger partial charge in [-0.1, -0.05) is 0 Å². The third-order valence-electron chi connectivity index (χ3n) is 6.20. The molecule has 1 saturated carbocycles. The quantitative estimate of drug-likeness (QED) is 0.864. The summed E-state index contributed by atoms with van der Waals surface area (Å²) in [6.07, 6.45) is 7.99. The van der Waals surface area contributed by atoms with Gasteiger partial charge in [-0.15, -0.1) is 0 Å². The molecule has 4 aliphatic rings. The van der Waals surface area contributed by atoms with E-state index in [9.17, 15) is 0 Å². The summed E-state index contributed by atoms with van der Waals surface area (Å²) in [4.78, 5) is 18.6. The number of hydrogen-bond donors (Lipinski definition) is 2. The second kappa shape index (κ2) is 5.92. The summed E-state index contributed by atoms with van der Waals surface area (Å²) in [5.74, 6) is 3.41. The highest BCUT2D eigenvalue weighted by Gasteiger charge is 2.43. The van der Waals surface area contributed by atoms with Crippen LogP contribution in [0.2, 0.25) is 0 Å². The highest BCUT2D eigenvalue weighted by Crippen LogP contribution is 2.40. The van der Waals surface area contributed by atoms with E-state index < -0.39 is 0 Å². The molecule has 2 N–H and O–H groups in total. The molecular weight excluding hydrogens is 314 g/mol. The molecule has 3 aliphatic heterocycles. The first-order valence-corrected chi connectivity index (χ1v) is 9.55. The predicted octanol–water partition coefficient (Wildman–Crippen LogP) is 1.32. The van der Waals surface area contributed by atoms with Gasteiger partial charge in [0.25, 0.3) is 0 Å². The van der Waals surface area contributed by atoms with Crippen molar-refractivity contribution in [1.82, 2.24) is 25.7 Å². The second-order valence-electron chi connectivity index (χ2n) is 8.35. The normalized spacial score (nSPS) is 30.5. The average Bonchev–Trinajstić information content (AvgIpc) is 3.35. The number of nitrogens with zero attached hydrogens (tertiary/aromatic N) is 5. The molecule has 3 saturated heterocycles. The fourth-order valence-electron chi connectivity index (χ4n) is 4.63. The van der Waals surface area contributed by atoms with Crippen molar-refractivity contribution in [2.24, 2.45) is 16.3 Å². The Morgan fingerprint density at radius 2 is 2.04 bits per heavy atom. The Labute approximate surface area is 148 Å². The van der Waals surface area contributed by atoms with Gasteiger partial charge in [0, 0.05) is 50.9 Å². The zero-order valence-corrected chi connectivity index (χ0v) is 14.9. The molecule has 4 fully saturated rings. The van der Waals surface area contributed by atoms with Crippen molar-refractivity contribution in [2.75, 3.05) is 38.1 Å². The molecule has 1 unspecified atom stereocenters. The molecule has 7 nitrogen and oxygen atoms in total. The number of likely N-dealkylation sites (tertiary alicyclic amines) is 1. The topological polar surface area (TPSA) is 68.7 Å². The maximum atomic E-state index is 4.70. The summed E-state index contributed by atoms with van der Waals surface area (Å²) < 4.78 is 0. The van der Waals surface area contributed by atoms with Gasteiger partial charge in [0.2, 0.25) is 5.95 Å². The Bertz CT molecular complexity index is 668. The first-order valence-electron chi connectivity index (χ1n) is 9.55. The SMILES string of the molecule is CN1CC2(CCN(c3nccc(N=C4CC(C5CC5)NN4)n3)CC2)C1. The highest BCUT2D eigenvalue weighted by atomic mass is 15.4. The van der Waals surface area contributed by atoms with Crippen molar-refractivity contribution in [1.29, 1.82) is 0 Å². The van der Waals surface area contributed by atoms with Gasteiger partial charge in [0.05, 0.1) is 0 Å². The van der Waals surface area contributed by atoms with Crippen molar-refractivity contribution >= 4 is 17.6 Å². The zero-order valence-electron chi connectivity index (χ0n) is 14.9. The number of nitrogens with one attached hydrogen (secondary N) is 2. The van der Waals surface area contributed by atoms with Crippen LogP contribution < -0.4 is 15.8 Å². The van der Waals surface area contributed by atoms with Crippen LogP contribution in [0, 0.1) is 11.3 Å².